The van der Waals surface area contributed by atoms with Crippen LogP contribution >= 0.6 is 11.8 Å². The van der Waals surface area contributed by atoms with E-state index < -0.39 is 11.8 Å². The molecule has 0 spiro atoms. The number of furan rings is 1. The Kier molecular flexibility index (Phi) is 8.63. The van der Waals surface area contributed by atoms with Crippen molar-refractivity contribution in [2.24, 2.45) is 0 Å². The van der Waals surface area contributed by atoms with E-state index in [2.05, 4.69) is 22.0 Å². The normalized spacial score (nSPS) is 14.8. The quantitative estimate of drug-likeness (QED) is 0.331. The monoisotopic (exact) mass is 544 g/mol. The lowest BCUT2D eigenvalue weighted by Crippen LogP contribution is -2.31. The minimum absolute atomic E-state index is 0.0576. The van der Waals surface area contributed by atoms with Gasteiger partial charge in [-0.1, -0.05) is 29.5 Å². The van der Waals surface area contributed by atoms with E-state index in [0.29, 0.717) is 44.9 Å². The molecule has 1 atom stereocenters. The Morgan fingerprint density at radius 2 is 1.85 bits per heavy atom. The van der Waals surface area contributed by atoms with E-state index in [9.17, 15) is 14.9 Å². The van der Waals surface area contributed by atoms with Crippen LogP contribution in [0.5, 0.6) is 11.5 Å². The molecule has 0 radical (unpaired) electrons. The lowest BCUT2D eigenvalue weighted by molar-refractivity contribution is -0.114. The molecule has 3 N–H and O–H groups in total. The highest BCUT2D eigenvalue weighted by Gasteiger charge is 2.36. The smallest absolute Gasteiger partial charge is 0.254 e. The third-order valence-electron chi connectivity index (χ3n) is 6.06. The molecule has 0 aliphatic carbocycles. The van der Waals surface area contributed by atoms with Crippen LogP contribution in [0.25, 0.3) is 0 Å². The summed E-state index contributed by atoms with van der Waals surface area (Å²) in [6.45, 7) is 3.72. The maximum Gasteiger partial charge on any atom is 0.254 e. The van der Waals surface area contributed by atoms with Gasteiger partial charge in [-0.3, -0.25) is 9.59 Å². The molecule has 1 aromatic heterocycles. The van der Waals surface area contributed by atoms with Gasteiger partial charge < -0.3 is 29.8 Å². The SMILES string of the molecule is COc1ccc(OC)c(NC(=O)C2=C(C)NC(SCC(=O)Nc3ccc(C)cc3)=C(C#N)C2c2ccco2)c1. The van der Waals surface area contributed by atoms with Gasteiger partial charge in [0.1, 0.15) is 17.3 Å². The second kappa shape index (κ2) is 12.3. The van der Waals surface area contributed by atoms with Crippen LogP contribution in [0.4, 0.5) is 11.4 Å². The van der Waals surface area contributed by atoms with Gasteiger partial charge in [0.05, 0.1) is 60.1 Å². The second-order valence-corrected chi connectivity index (χ2v) is 9.68. The molecule has 2 aromatic carbocycles. The number of benzene rings is 2. The Hall–Kier alpha value is -4.62. The van der Waals surface area contributed by atoms with Gasteiger partial charge in [-0.2, -0.15) is 5.26 Å². The van der Waals surface area contributed by atoms with E-state index in [1.165, 1.54) is 32.2 Å². The molecule has 0 fully saturated rings. The first-order chi connectivity index (χ1) is 18.8. The van der Waals surface area contributed by atoms with Crippen LogP contribution in [-0.4, -0.2) is 31.8 Å². The van der Waals surface area contributed by atoms with Crippen LogP contribution in [0.1, 0.15) is 24.2 Å². The molecule has 3 aromatic rings. The fourth-order valence-corrected chi connectivity index (χ4v) is 5.03. The average Bonchev–Trinajstić information content (AvgIpc) is 3.47. The number of amides is 2. The molecule has 1 aliphatic rings. The number of rotatable bonds is 9. The van der Waals surface area contributed by atoms with Crippen molar-refractivity contribution < 1.29 is 23.5 Å². The summed E-state index contributed by atoms with van der Waals surface area (Å²) in [5.41, 5.74) is 3.29. The third-order valence-corrected chi connectivity index (χ3v) is 7.07. The molecular formula is C29H28N4O5S. The first kappa shape index (κ1) is 27.4. The number of methoxy groups -OCH3 is 2. The van der Waals surface area contributed by atoms with Crippen molar-refractivity contribution in [1.29, 1.82) is 5.26 Å². The van der Waals surface area contributed by atoms with Gasteiger partial charge in [-0.05, 0) is 50.2 Å². The second-order valence-electron chi connectivity index (χ2n) is 8.69. The summed E-state index contributed by atoms with van der Waals surface area (Å²) >= 11 is 1.18. The van der Waals surface area contributed by atoms with Crippen molar-refractivity contribution in [2.45, 2.75) is 19.8 Å². The standard InChI is InChI=1S/C29H28N4O5S/c1-17-7-9-19(10-8-17)32-25(34)16-39-29-21(15-30)27(24-6-5-13-38-24)26(18(2)31-29)28(35)33-22-14-20(36-3)11-12-23(22)37-4/h5-14,27,31H,16H2,1-4H3,(H,32,34)(H,33,35). The fourth-order valence-electron chi connectivity index (χ4n) is 4.14. The number of allylic oxidation sites excluding steroid dienone is 2. The summed E-state index contributed by atoms with van der Waals surface area (Å²) in [7, 11) is 3.03. The minimum Gasteiger partial charge on any atom is -0.497 e. The van der Waals surface area contributed by atoms with E-state index >= 15 is 0 Å². The van der Waals surface area contributed by atoms with Crippen molar-refractivity contribution in [1.82, 2.24) is 5.32 Å². The summed E-state index contributed by atoms with van der Waals surface area (Å²) in [6, 6.07) is 18.2. The molecule has 0 saturated heterocycles. The number of anilines is 2. The molecule has 1 aliphatic heterocycles. The Bertz CT molecular complexity index is 1470. The van der Waals surface area contributed by atoms with Gasteiger partial charge in [-0.15, -0.1) is 0 Å². The maximum absolute atomic E-state index is 13.7. The molecule has 9 nitrogen and oxygen atoms in total. The number of nitrogens with one attached hydrogen (secondary N) is 3. The molecule has 200 valence electrons. The highest BCUT2D eigenvalue weighted by Crippen LogP contribution is 2.41. The molecule has 10 heteroatoms. The fraction of sp³-hybridized carbons (Fsp3) is 0.207. The molecule has 2 heterocycles. The topological polar surface area (TPSA) is 126 Å². The van der Waals surface area contributed by atoms with Crippen molar-refractivity contribution in [3.05, 3.63) is 94.1 Å². The number of carbonyl (C=O) groups is 2. The zero-order chi connectivity index (χ0) is 27.9. The summed E-state index contributed by atoms with van der Waals surface area (Å²) in [5, 5.41) is 19.6. The number of carbonyl (C=O) groups excluding carboxylic acids is 2. The number of nitrogens with zero attached hydrogens (tertiary/aromatic N) is 1. The summed E-state index contributed by atoms with van der Waals surface area (Å²) < 4.78 is 16.4. The lowest BCUT2D eigenvalue weighted by atomic mass is 9.85. The van der Waals surface area contributed by atoms with Gasteiger partial charge in [-0.25, -0.2) is 0 Å². The molecule has 39 heavy (non-hydrogen) atoms. The Morgan fingerprint density at radius 3 is 2.49 bits per heavy atom. The first-order valence-corrected chi connectivity index (χ1v) is 13.0. The van der Waals surface area contributed by atoms with E-state index in [1.54, 1.807) is 37.3 Å². The van der Waals surface area contributed by atoms with E-state index in [-0.39, 0.29) is 17.2 Å². The van der Waals surface area contributed by atoms with Crippen LogP contribution in [-0.2, 0) is 9.59 Å². The van der Waals surface area contributed by atoms with Gasteiger partial charge in [0.2, 0.25) is 5.91 Å². The highest BCUT2D eigenvalue weighted by atomic mass is 32.2. The van der Waals surface area contributed by atoms with Gasteiger partial charge >= 0.3 is 0 Å². The molecule has 1 unspecified atom stereocenters. The van der Waals surface area contributed by atoms with Crippen molar-refractivity contribution in [3.8, 4) is 17.6 Å². The third kappa shape index (κ3) is 6.27. The highest BCUT2D eigenvalue weighted by molar-refractivity contribution is 8.03. The van der Waals surface area contributed by atoms with Gasteiger partial charge in [0.15, 0.2) is 0 Å². The van der Waals surface area contributed by atoms with Crippen LogP contribution in [0.2, 0.25) is 0 Å². The van der Waals surface area contributed by atoms with Crippen LogP contribution < -0.4 is 25.4 Å². The zero-order valence-electron chi connectivity index (χ0n) is 22.0. The lowest BCUT2D eigenvalue weighted by Gasteiger charge is -2.28. The zero-order valence-corrected chi connectivity index (χ0v) is 22.8. The first-order valence-electron chi connectivity index (χ1n) is 12.0. The Labute approximate surface area is 230 Å². The number of hydrogen-bond donors (Lipinski definition) is 3. The Balaban J connectivity index is 1.60. The largest absolute Gasteiger partial charge is 0.497 e. The number of dihydropyridines is 1. The maximum atomic E-state index is 13.7. The van der Waals surface area contributed by atoms with Crippen LogP contribution in [0.3, 0.4) is 0 Å². The Morgan fingerprint density at radius 1 is 1.08 bits per heavy atom. The minimum atomic E-state index is -0.787. The van der Waals surface area contributed by atoms with E-state index in [1.807, 2.05) is 31.2 Å². The molecular weight excluding hydrogens is 516 g/mol. The summed E-state index contributed by atoms with van der Waals surface area (Å²) in [6.07, 6.45) is 1.49. The number of aryl methyl sites for hydroxylation is 1. The average molecular weight is 545 g/mol. The molecule has 0 bridgehead atoms. The molecule has 4 rings (SSSR count). The van der Waals surface area contributed by atoms with Crippen molar-refractivity contribution in [2.75, 3.05) is 30.6 Å². The van der Waals surface area contributed by atoms with E-state index in [4.69, 9.17) is 13.9 Å². The number of ether oxygens (including phenoxy) is 2. The van der Waals surface area contributed by atoms with Gasteiger partial charge in [0, 0.05) is 17.5 Å². The van der Waals surface area contributed by atoms with E-state index in [0.717, 1.165) is 5.56 Å². The summed E-state index contributed by atoms with van der Waals surface area (Å²) in [5.74, 6) is 0.0289. The molecule has 0 saturated carbocycles. The predicted molar refractivity (Wildman–Crippen MR) is 150 cm³/mol. The van der Waals surface area contributed by atoms with Crippen molar-refractivity contribution in [3.63, 3.8) is 0 Å². The van der Waals surface area contributed by atoms with Gasteiger partial charge in [0.25, 0.3) is 5.91 Å². The predicted octanol–water partition coefficient (Wildman–Crippen LogP) is 5.31. The number of thioether (sulfide) groups is 1. The van der Waals surface area contributed by atoms with Crippen molar-refractivity contribution >= 4 is 35.0 Å². The van der Waals surface area contributed by atoms with Crippen LogP contribution in [0, 0.1) is 18.3 Å². The molecule has 2 amide bonds. The number of hydrogen-bond acceptors (Lipinski definition) is 8. The van der Waals surface area contributed by atoms with Crippen LogP contribution in [0.15, 0.2) is 87.1 Å². The summed E-state index contributed by atoms with van der Waals surface area (Å²) in [4.78, 5) is 26.3. The number of nitriles is 1.